The predicted octanol–water partition coefficient (Wildman–Crippen LogP) is 3.41. The molecule has 1 aromatic heterocycles. The van der Waals surface area contributed by atoms with Crippen molar-refractivity contribution in [1.29, 1.82) is 0 Å². The zero-order chi connectivity index (χ0) is 14.1. The molecule has 3 rings (SSSR count). The van der Waals surface area contributed by atoms with E-state index in [1.807, 2.05) is 24.3 Å². The Balaban J connectivity index is 1.79. The summed E-state index contributed by atoms with van der Waals surface area (Å²) in [6.07, 6.45) is 3.65. The molecule has 1 fully saturated rings. The van der Waals surface area contributed by atoms with Crippen molar-refractivity contribution in [3.05, 3.63) is 35.6 Å². The lowest BCUT2D eigenvalue weighted by molar-refractivity contribution is 0.0663. The first kappa shape index (κ1) is 13.2. The summed E-state index contributed by atoms with van der Waals surface area (Å²) in [5.41, 5.74) is 1.40. The fourth-order valence-electron chi connectivity index (χ4n) is 2.87. The standard InChI is InChI=1S/C16H19NO3/c1-2-5-10-8-13(10)17-9-12-11-6-3-4-7-14(11)20-15(12)16(18)19/h3-4,6-7,10,13,17H,2,5,8-9H2,1H3,(H,18,19). The minimum absolute atomic E-state index is 0.0615. The Morgan fingerprint density at radius 3 is 3.00 bits per heavy atom. The molecule has 1 aromatic carbocycles. The lowest BCUT2D eigenvalue weighted by Gasteiger charge is -2.03. The summed E-state index contributed by atoms with van der Waals surface area (Å²) in [5.74, 6) is -0.184. The van der Waals surface area contributed by atoms with Gasteiger partial charge in [-0.1, -0.05) is 31.5 Å². The third kappa shape index (κ3) is 2.43. The molecular weight excluding hydrogens is 254 g/mol. The van der Waals surface area contributed by atoms with E-state index in [4.69, 9.17) is 4.42 Å². The van der Waals surface area contributed by atoms with E-state index in [1.54, 1.807) is 0 Å². The van der Waals surface area contributed by atoms with Gasteiger partial charge in [-0.2, -0.15) is 0 Å². The second kappa shape index (κ2) is 5.29. The summed E-state index contributed by atoms with van der Waals surface area (Å²) in [7, 11) is 0. The van der Waals surface area contributed by atoms with E-state index in [9.17, 15) is 9.90 Å². The van der Waals surface area contributed by atoms with Crippen LogP contribution < -0.4 is 5.32 Å². The molecule has 0 amide bonds. The van der Waals surface area contributed by atoms with Gasteiger partial charge < -0.3 is 14.8 Å². The van der Waals surface area contributed by atoms with Crippen LogP contribution in [0, 0.1) is 5.92 Å². The normalized spacial score (nSPS) is 21.2. The Kier molecular flexibility index (Phi) is 3.49. The lowest BCUT2D eigenvalue weighted by atomic mass is 10.1. The number of hydrogen-bond acceptors (Lipinski definition) is 3. The van der Waals surface area contributed by atoms with Crippen LogP contribution in [0.5, 0.6) is 0 Å². The van der Waals surface area contributed by atoms with Gasteiger partial charge in [-0.15, -0.1) is 0 Å². The second-order valence-corrected chi connectivity index (χ2v) is 5.48. The molecule has 4 nitrogen and oxygen atoms in total. The third-order valence-electron chi connectivity index (χ3n) is 4.02. The fourth-order valence-corrected chi connectivity index (χ4v) is 2.87. The number of carboxylic acids is 1. The van der Waals surface area contributed by atoms with E-state index in [0.29, 0.717) is 18.2 Å². The molecule has 1 aliphatic carbocycles. The first-order valence-electron chi connectivity index (χ1n) is 7.17. The van der Waals surface area contributed by atoms with Gasteiger partial charge in [0.25, 0.3) is 0 Å². The van der Waals surface area contributed by atoms with Crippen molar-refractivity contribution in [1.82, 2.24) is 5.32 Å². The average Bonchev–Trinajstić information content (AvgIpc) is 3.06. The molecule has 20 heavy (non-hydrogen) atoms. The number of rotatable bonds is 6. The van der Waals surface area contributed by atoms with Crippen LogP contribution in [-0.4, -0.2) is 17.1 Å². The Hall–Kier alpha value is -1.81. The van der Waals surface area contributed by atoms with Gasteiger partial charge in [-0.25, -0.2) is 4.79 Å². The summed E-state index contributed by atoms with van der Waals surface area (Å²) < 4.78 is 5.45. The minimum Gasteiger partial charge on any atom is -0.475 e. The van der Waals surface area contributed by atoms with Crippen molar-refractivity contribution < 1.29 is 14.3 Å². The molecule has 2 aromatic rings. The molecule has 0 spiro atoms. The van der Waals surface area contributed by atoms with Crippen LogP contribution in [0.2, 0.25) is 0 Å². The number of fused-ring (bicyclic) bond motifs is 1. The van der Waals surface area contributed by atoms with Gasteiger partial charge in [0.2, 0.25) is 5.76 Å². The summed E-state index contributed by atoms with van der Waals surface area (Å²) in [4.78, 5) is 11.3. The van der Waals surface area contributed by atoms with Gasteiger partial charge >= 0.3 is 5.97 Å². The van der Waals surface area contributed by atoms with Crippen molar-refractivity contribution in [3.8, 4) is 0 Å². The monoisotopic (exact) mass is 273 g/mol. The summed E-state index contributed by atoms with van der Waals surface area (Å²) in [5, 5.41) is 13.6. The van der Waals surface area contributed by atoms with Crippen LogP contribution in [0.4, 0.5) is 0 Å². The molecule has 106 valence electrons. The van der Waals surface area contributed by atoms with Crippen molar-refractivity contribution in [2.45, 2.75) is 38.8 Å². The number of hydrogen-bond donors (Lipinski definition) is 2. The highest BCUT2D eigenvalue weighted by Gasteiger charge is 2.35. The van der Waals surface area contributed by atoms with E-state index < -0.39 is 5.97 Å². The van der Waals surface area contributed by atoms with Gasteiger partial charge in [-0.05, 0) is 24.8 Å². The largest absolute Gasteiger partial charge is 0.475 e. The fraction of sp³-hybridized carbons (Fsp3) is 0.438. The van der Waals surface area contributed by atoms with Crippen molar-refractivity contribution >= 4 is 16.9 Å². The maximum Gasteiger partial charge on any atom is 0.372 e. The molecule has 1 heterocycles. The quantitative estimate of drug-likeness (QED) is 0.846. The molecule has 2 unspecified atom stereocenters. The van der Waals surface area contributed by atoms with Crippen LogP contribution in [0.15, 0.2) is 28.7 Å². The number of nitrogens with one attached hydrogen (secondary N) is 1. The molecule has 4 heteroatoms. The van der Waals surface area contributed by atoms with Crippen molar-refractivity contribution in [2.24, 2.45) is 5.92 Å². The highest BCUT2D eigenvalue weighted by molar-refractivity contribution is 5.95. The van der Waals surface area contributed by atoms with Crippen molar-refractivity contribution in [3.63, 3.8) is 0 Å². The van der Waals surface area contributed by atoms with Crippen LogP contribution in [-0.2, 0) is 6.54 Å². The smallest absolute Gasteiger partial charge is 0.372 e. The number of carboxylic acid groups (broad SMARTS) is 1. The lowest BCUT2D eigenvalue weighted by Crippen LogP contribution is -2.18. The topological polar surface area (TPSA) is 62.5 Å². The maximum absolute atomic E-state index is 11.3. The van der Waals surface area contributed by atoms with Crippen LogP contribution in [0.25, 0.3) is 11.0 Å². The van der Waals surface area contributed by atoms with Crippen molar-refractivity contribution in [2.75, 3.05) is 0 Å². The minimum atomic E-state index is -1.00. The molecule has 1 saturated carbocycles. The number of aromatic carboxylic acids is 1. The SMILES string of the molecule is CCCC1CC1NCc1c(C(=O)O)oc2ccccc12. The first-order chi connectivity index (χ1) is 9.70. The molecule has 0 radical (unpaired) electrons. The Bertz CT molecular complexity index is 632. The average molecular weight is 273 g/mol. The number of carbonyl (C=O) groups is 1. The van der Waals surface area contributed by atoms with Gasteiger partial charge in [-0.3, -0.25) is 0 Å². The third-order valence-corrected chi connectivity index (χ3v) is 4.02. The highest BCUT2D eigenvalue weighted by Crippen LogP contribution is 2.35. The van der Waals surface area contributed by atoms with E-state index in [2.05, 4.69) is 12.2 Å². The van der Waals surface area contributed by atoms with Crippen LogP contribution in [0.1, 0.15) is 42.3 Å². The zero-order valence-electron chi connectivity index (χ0n) is 11.6. The van der Waals surface area contributed by atoms with E-state index in [1.165, 1.54) is 19.3 Å². The van der Waals surface area contributed by atoms with E-state index >= 15 is 0 Å². The van der Waals surface area contributed by atoms with Gasteiger partial charge in [0.1, 0.15) is 5.58 Å². The number of furan rings is 1. The summed E-state index contributed by atoms with van der Waals surface area (Å²) in [6, 6.07) is 8.02. The van der Waals surface area contributed by atoms with Gasteiger partial charge in [0.05, 0.1) is 0 Å². The first-order valence-corrected chi connectivity index (χ1v) is 7.17. The number of para-hydroxylation sites is 1. The zero-order valence-corrected chi connectivity index (χ0v) is 11.6. The molecule has 0 aliphatic heterocycles. The Labute approximate surface area is 117 Å². The van der Waals surface area contributed by atoms with Crippen LogP contribution in [0.3, 0.4) is 0 Å². The van der Waals surface area contributed by atoms with Crippen LogP contribution >= 0.6 is 0 Å². The molecule has 0 bridgehead atoms. The molecule has 2 N–H and O–H groups in total. The molecule has 2 atom stereocenters. The van der Waals surface area contributed by atoms with Gasteiger partial charge in [0.15, 0.2) is 0 Å². The number of benzene rings is 1. The maximum atomic E-state index is 11.3. The molecule has 0 saturated heterocycles. The highest BCUT2D eigenvalue weighted by atomic mass is 16.4. The van der Waals surface area contributed by atoms with Gasteiger partial charge in [0, 0.05) is 23.5 Å². The van der Waals surface area contributed by atoms with E-state index in [0.717, 1.165) is 16.9 Å². The Morgan fingerprint density at radius 2 is 2.25 bits per heavy atom. The molecular formula is C16H19NO3. The Morgan fingerprint density at radius 1 is 1.45 bits per heavy atom. The summed E-state index contributed by atoms with van der Waals surface area (Å²) in [6.45, 7) is 2.75. The predicted molar refractivity (Wildman–Crippen MR) is 76.8 cm³/mol. The van der Waals surface area contributed by atoms with E-state index in [-0.39, 0.29) is 5.76 Å². The second-order valence-electron chi connectivity index (χ2n) is 5.48. The summed E-state index contributed by atoms with van der Waals surface area (Å²) >= 11 is 0. The molecule has 1 aliphatic rings.